The number of thiazole rings is 2. The normalized spacial score (nSPS) is 18.5. The lowest BCUT2D eigenvalue weighted by Gasteiger charge is -2.31. The van der Waals surface area contributed by atoms with Gasteiger partial charge in [-0.15, -0.1) is 22.7 Å². The van der Waals surface area contributed by atoms with Gasteiger partial charge in [-0.25, -0.2) is 14.8 Å². The fourth-order valence-electron chi connectivity index (χ4n) is 2.25. The van der Waals surface area contributed by atoms with Crippen LogP contribution in [0.25, 0.3) is 0 Å². The van der Waals surface area contributed by atoms with E-state index in [1.807, 2.05) is 25.4 Å². The topological polar surface area (TPSA) is 67.4 Å². The van der Waals surface area contributed by atoms with E-state index in [2.05, 4.69) is 15.3 Å². The molecule has 1 atom stereocenters. The number of nitrogens with one attached hydrogen (secondary N) is 1. The average molecular weight is 338 g/mol. The molecule has 0 bridgehead atoms. The third-order valence-electron chi connectivity index (χ3n) is 3.33. The molecule has 0 aromatic carbocycles. The maximum Gasteiger partial charge on any atom is 0.317 e. The predicted octanol–water partition coefficient (Wildman–Crippen LogP) is 2.50. The van der Waals surface area contributed by atoms with Gasteiger partial charge in [-0.1, -0.05) is 0 Å². The summed E-state index contributed by atoms with van der Waals surface area (Å²) < 4.78 is 5.74. The zero-order chi connectivity index (χ0) is 15.5. The van der Waals surface area contributed by atoms with E-state index in [1.54, 1.807) is 27.6 Å². The standard InChI is InChI=1S/C14H18N4O2S2/c1-9-8-21-13(17-9)11-7-18(3-4-20-11)14(19)16-6-12-15-5-10(2)22-12/h5,8,11H,3-4,6-7H2,1-2H3,(H,16,19). The second-order valence-electron chi connectivity index (χ2n) is 5.16. The minimum Gasteiger partial charge on any atom is -0.367 e. The first kappa shape index (κ1) is 15.4. The molecule has 0 saturated carbocycles. The summed E-state index contributed by atoms with van der Waals surface area (Å²) in [6, 6.07) is -0.0746. The van der Waals surface area contributed by atoms with Crippen molar-refractivity contribution in [3.63, 3.8) is 0 Å². The third kappa shape index (κ3) is 3.63. The van der Waals surface area contributed by atoms with Crippen LogP contribution >= 0.6 is 22.7 Å². The Morgan fingerprint density at radius 3 is 3.09 bits per heavy atom. The van der Waals surface area contributed by atoms with E-state index < -0.39 is 0 Å². The van der Waals surface area contributed by atoms with Crippen molar-refractivity contribution in [3.05, 3.63) is 32.2 Å². The number of morpholine rings is 1. The maximum absolute atomic E-state index is 12.3. The number of rotatable bonds is 3. The quantitative estimate of drug-likeness (QED) is 0.934. The molecule has 6 nitrogen and oxygen atoms in total. The fourth-order valence-corrected chi connectivity index (χ4v) is 3.81. The van der Waals surface area contributed by atoms with Crippen LogP contribution in [-0.2, 0) is 11.3 Å². The third-order valence-corrected chi connectivity index (χ3v) is 5.29. The van der Waals surface area contributed by atoms with E-state index in [1.165, 1.54) is 0 Å². The Morgan fingerprint density at radius 1 is 1.55 bits per heavy atom. The van der Waals surface area contributed by atoms with Crippen LogP contribution < -0.4 is 5.32 Å². The van der Waals surface area contributed by atoms with E-state index in [0.717, 1.165) is 20.6 Å². The molecule has 0 aliphatic carbocycles. The summed E-state index contributed by atoms with van der Waals surface area (Å²) in [7, 11) is 0. The van der Waals surface area contributed by atoms with Crippen molar-refractivity contribution in [2.75, 3.05) is 19.7 Å². The smallest absolute Gasteiger partial charge is 0.317 e. The number of amides is 2. The first-order valence-corrected chi connectivity index (χ1v) is 8.79. The molecule has 3 rings (SSSR count). The Hall–Kier alpha value is -1.51. The lowest BCUT2D eigenvalue weighted by Crippen LogP contribution is -2.46. The molecule has 2 aromatic rings. The number of carbonyl (C=O) groups is 1. The molecule has 0 spiro atoms. The van der Waals surface area contributed by atoms with Crippen LogP contribution in [0.1, 0.15) is 26.7 Å². The molecule has 1 unspecified atom stereocenters. The summed E-state index contributed by atoms with van der Waals surface area (Å²) in [5.41, 5.74) is 0.990. The van der Waals surface area contributed by atoms with Crippen LogP contribution in [0.4, 0.5) is 4.79 Å². The molecule has 2 aromatic heterocycles. The SMILES string of the molecule is Cc1csc(C2CN(C(=O)NCc3ncc(C)s3)CCO2)n1. The summed E-state index contributed by atoms with van der Waals surface area (Å²) in [5.74, 6) is 0. The average Bonchev–Trinajstić information content (AvgIpc) is 3.13. The zero-order valence-electron chi connectivity index (χ0n) is 12.5. The number of carbonyl (C=O) groups excluding carboxylic acids is 1. The number of aryl methyl sites for hydroxylation is 2. The number of hydrogen-bond acceptors (Lipinski definition) is 6. The van der Waals surface area contributed by atoms with Crippen LogP contribution in [0.3, 0.4) is 0 Å². The van der Waals surface area contributed by atoms with Gasteiger partial charge in [-0.2, -0.15) is 0 Å². The van der Waals surface area contributed by atoms with E-state index in [0.29, 0.717) is 26.2 Å². The molecule has 1 aliphatic heterocycles. The summed E-state index contributed by atoms with van der Waals surface area (Å²) >= 11 is 3.18. The molecule has 1 saturated heterocycles. The Bertz CT molecular complexity index is 655. The van der Waals surface area contributed by atoms with Crippen LogP contribution in [0.15, 0.2) is 11.6 Å². The molecule has 1 aliphatic rings. The first-order valence-electron chi connectivity index (χ1n) is 7.09. The van der Waals surface area contributed by atoms with Crippen LogP contribution in [0.5, 0.6) is 0 Å². The Balaban J connectivity index is 1.55. The van der Waals surface area contributed by atoms with Gasteiger partial charge in [-0.3, -0.25) is 0 Å². The molecule has 22 heavy (non-hydrogen) atoms. The van der Waals surface area contributed by atoms with Gasteiger partial charge >= 0.3 is 6.03 Å². The lowest BCUT2D eigenvalue weighted by molar-refractivity contribution is -0.0156. The van der Waals surface area contributed by atoms with Gasteiger partial charge in [0.25, 0.3) is 0 Å². The first-order chi connectivity index (χ1) is 10.6. The number of nitrogens with zero attached hydrogens (tertiary/aromatic N) is 3. The molecule has 3 heterocycles. The van der Waals surface area contributed by atoms with E-state index >= 15 is 0 Å². The Morgan fingerprint density at radius 2 is 2.41 bits per heavy atom. The van der Waals surface area contributed by atoms with Crippen molar-refractivity contribution in [1.29, 1.82) is 0 Å². The van der Waals surface area contributed by atoms with Gasteiger partial charge in [0.2, 0.25) is 0 Å². The number of ether oxygens (including phenoxy) is 1. The fraction of sp³-hybridized carbons (Fsp3) is 0.500. The predicted molar refractivity (Wildman–Crippen MR) is 86.2 cm³/mol. The molecule has 1 N–H and O–H groups in total. The number of hydrogen-bond donors (Lipinski definition) is 1. The van der Waals surface area contributed by atoms with E-state index in [9.17, 15) is 4.79 Å². The lowest BCUT2D eigenvalue weighted by atomic mass is 10.3. The molecular formula is C14H18N4O2S2. The van der Waals surface area contributed by atoms with Crippen molar-refractivity contribution in [1.82, 2.24) is 20.2 Å². The van der Waals surface area contributed by atoms with Gasteiger partial charge in [0.15, 0.2) is 0 Å². The van der Waals surface area contributed by atoms with Gasteiger partial charge in [0.05, 0.1) is 19.7 Å². The van der Waals surface area contributed by atoms with Crippen molar-refractivity contribution < 1.29 is 9.53 Å². The largest absolute Gasteiger partial charge is 0.367 e. The molecule has 8 heteroatoms. The van der Waals surface area contributed by atoms with Gasteiger partial charge < -0.3 is 15.0 Å². The summed E-state index contributed by atoms with van der Waals surface area (Å²) in [6.45, 7) is 6.11. The van der Waals surface area contributed by atoms with Crippen LogP contribution in [0.2, 0.25) is 0 Å². The second kappa shape index (κ2) is 6.72. The minimum absolute atomic E-state index is 0.0746. The van der Waals surface area contributed by atoms with E-state index in [4.69, 9.17) is 4.74 Å². The molecular weight excluding hydrogens is 320 g/mol. The van der Waals surface area contributed by atoms with Crippen molar-refractivity contribution in [2.24, 2.45) is 0 Å². The van der Waals surface area contributed by atoms with Crippen molar-refractivity contribution in [2.45, 2.75) is 26.5 Å². The summed E-state index contributed by atoms with van der Waals surface area (Å²) in [5, 5.41) is 6.78. The summed E-state index contributed by atoms with van der Waals surface area (Å²) in [4.78, 5) is 23.9. The molecule has 0 radical (unpaired) electrons. The van der Waals surface area contributed by atoms with Gasteiger partial charge in [0, 0.05) is 28.7 Å². The monoisotopic (exact) mass is 338 g/mol. The highest BCUT2D eigenvalue weighted by Gasteiger charge is 2.27. The van der Waals surface area contributed by atoms with Crippen LogP contribution in [-0.4, -0.2) is 40.6 Å². The highest BCUT2D eigenvalue weighted by molar-refractivity contribution is 7.11. The molecule has 2 amide bonds. The van der Waals surface area contributed by atoms with Crippen molar-refractivity contribution >= 4 is 28.7 Å². The van der Waals surface area contributed by atoms with Gasteiger partial charge in [0.1, 0.15) is 16.1 Å². The van der Waals surface area contributed by atoms with Crippen LogP contribution in [0, 0.1) is 13.8 Å². The second-order valence-corrected chi connectivity index (χ2v) is 7.36. The highest BCUT2D eigenvalue weighted by Crippen LogP contribution is 2.25. The Kier molecular flexibility index (Phi) is 4.70. The zero-order valence-corrected chi connectivity index (χ0v) is 14.2. The number of urea groups is 1. The van der Waals surface area contributed by atoms with Gasteiger partial charge in [-0.05, 0) is 13.8 Å². The molecule has 1 fully saturated rings. The molecule has 118 valence electrons. The maximum atomic E-state index is 12.3. The highest BCUT2D eigenvalue weighted by atomic mass is 32.1. The number of aromatic nitrogens is 2. The summed E-state index contributed by atoms with van der Waals surface area (Å²) in [6.07, 6.45) is 1.70. The Labute approximate surface area is 137 Å². The minimum atomic E-state index is -0.125. The van der Waals surface area contributed by atoms with E-state index in [-0.39, 0.29) is 12.1 Å². The van der Waals surface area contributed by atoms with Crippen molar-refractivity contribution in [3.8, 4) is 0 Å².